The lowest BCUT2D eigenvalue weighted by Gasteiger charge is -2.17. The predicted octanol–water partition coefficient (Wildman–Crippen LogP) is 5.41. The zero-order valence-electron chi connectivity index (χ0n) is 12.7. The molecule has 0 radical (unpaired) electrons. The molecule has 3 nitrogen and oxygen atoms in total. The first-order chi connectivity index (χ1) is 10.2. The topological polar surface area (TPSA) is 27.7 Å². The molecule has 0 aliphatic heterocycles. The summed E-state index contributed by atoms with van der Waals surface area (Å²) < 4.78 is 17.3. The molecule has 0 saturated heterocycles. The number of hydrogen-bond acceptors (Lipinski definition) is 3. The molecule has 0 atom stereocenters. The van der Waals surface area contributed by atoms with Gasteiger partial charge in [0.05, 0.1) is 6.61 Å². The van der Waals surface area contributed by atoms with Gasteiger partial charge in [-0.1, -0.05) is 42.3 Å². The minimum absolute atomic E-state index is 0.615. The molecular formula is C17H21O3P. The minimum atomic E-state index is -1.44. The average molecular weight is 304 g/mol. The highest BCUT2D eigenvalue weighted by molar-refractivity contribution is 7.42. The molecular weight excluding hydrogens is 283 g/mol. The fourth-order valence-corrected chi connectivity index (χ4v) is 2.67. The molecule has 0 unspecified atom stereocenters. The maximum atomic E-state index is 5.83. The van der Waals surface area contributed by atoms with Crippen LogP contribution in [0.3, 0.4) is 0 Å². The Hall–Kier alpha value is -1.57. The lowest BCUT2D eigenvalue weighted by atomic mass is 10.2. The highest BCUT2D eigenvalue weighted by atomic mass is 31.2. The van der Waals surface area contributed by atoms with Gasteiger partial charge in [0.2, 0.25) is 0 Å². The van der Waals surface area contributed by atoms with E-state index in [1.54, 1.807) is 0 Å². The normalized spacial score (nSPS) is 10.7. The molecule has 0 aliphatic carbocycles. The molecule has 2 rings (SSSR count). The molecule has 0 N–H and O–H groups in total. The number of aryl methyl sites for hydroxylation is 2. The summed E-state index contributed by atoms with van der Waals surface area (Å²) in [5.41, 5.74) is 2.39. The van der Waals surface area contributed by atoms with Crippen molar-refractivity contribution in [1.29, 1.82) is 0 Å². The van der Waals surface area contributed by atoms with Crippen molar-refractivity contribution < 1.29 is 13.6 Å². The highest BCUT2D eigenvalue weighted by Gasteiger charge is 2.16. The second kappa shape index (κ2) is 8.02. The van der Waals surface area contributed by atoms with Crippen molar-refractivity contribution in [2.45, 2.75) is 27.2 Å². The van der Waals surface area contributed by atoms with E-state index in [9.17, 15) is 0 Å². The molecule has 0 fully saturated rings. The molecule has 2 aromatic rings. The largest absolute Gasteiger partial charge is 0.463 e. The van der Waals surface area contributed by atoms with Crippen molar-refractivity contribution in [2.24, 2.45) is 0 Å². The number of hydrogen-bond donors (Lipinski definition) is 0. The lowest BCUT2D eigenvalue weighted by Crippen LogP contribution is -2.00. The van der Waals surface area contributed by atoms with E-state index in [0.29, 0.717) is 6.61 Å². The standard InChI is InChI=1S/C17H21O3P/c1-4-13-18-21(19-16-9-5-14(2)6-10-16)20-17-11-7-15(3)8-12-17/h5-12H,4,13H2,1-3H3. The van der Waals surface area contributed by atoms with Gasteiger partial charge in [-0.15, -0.1) is 0 Å². The van der Waals surface area contributed by atoms with Crippen molar-refractivity contribution in [2.75, 3.05) is 6.61 Å². The van der Waals surface area contributed by atoms with Crippen LogP contribution in [-0.2, 0) is 4.52 Å². The van der Waals surface area contributed by atoms with Gasteiger partial charge in [-0.2, -0.15) is 0 Å². The highest BCUT2D eigenvalue weighted by Crippen LogP contribution is 2.41. The van der Waals surface area contributed by atoms with Crippen molar-refractivity contribution in [3.05, 3.63) is 59.7 Å². The van der Waals surface area contributed by atoms with Crippen LogP contribution in [0.1, 0.15) is 24.5 Å². The summed E-state index contributed by atoms with van der Waals surface area (Å²) in [5, 5.41) is 0. The quantitative estimate of drug-likeness (QED) is 0.640. The zero-order chi connectivity index (χ0) is 15.1. The van der Waals surface area contributed by atoms with Gasteiger partial charge in [0.1, 0.15) is 11.5 Å². The molecule has 4 heteroatoms. The van der Waals surface area contributed by atoms with Crippen LogP contribution in [0.25, 0.3) is 0 Å². The van der Waals surface area contributed by atoms with Gasteiger partial charge in [-0.05, 0) is 44.5 Å². The van der Waals surface area contributed by atoms with Crippen LogP contribution in [0, 0.1) is 13.8 Å². The molecule has 2 aromatic carbocycles. The second-order valence-electron chi connectivity index (χ2n) is 4.87. The lowest BCUT2D eigenvalue weighted by molar-refractivity contribution is 0.266. The molecule has 0 spiro atoms. The van der Waals surface area contributed by atoms with Gasteiger partial charge in [0, 0.05) is 0 Å². The molecule has 0 aliphatic rings. The van der Waals surface area contributed by atoms with Gasteiger partial charge in [-0.3, -0.25) is 4.52 Å². The molecule has 0 amide bonds. The second-order valence-corrected chi connectivity index (χ2v) is 5.94. The van der Waals surface area contributed by atoms with Crippen LogP contribution in [0.5, 0.6) is 11.5 Å². The summed E-state index contributed by atoms with van der Waals surface area (Å²) in [7, 11) is -1.44. The smallest absolute Gasteiger partial charge is 0.418 e. The Morgan fingerprint density at radius 1 is 0.762 bits per heavy atom. The Morgan fingerprint density at radius 3 is 1.57 bits per heavy atom. The fraction of sp³-hybridized carbons (Fsp3) is 0.294. The average Bonchev–Trinajstić information content (AvgIpc) is 2.49. The zero-order valence-corrected chi connectivity index (χ0v) is 13.6. The first-order valence-corrected chi connectivity index (χ1v) is 8.19. The van der Waals surface area contributed by atoms with E-state index in [2.05, 4.69) is 6.92 Å². The third kappa shape index (κ3) is 5.37. The van der Waals surface area contributed by atoms with Crippen molar-refractivity contribution >= 4 is 8.60 Å². The summed E-state index contributed by atoms with van der Waals surface area (Å²) in [6, 6.07) is 15.8. The molecule has 0 heterocycles. The molecule has 0 bridgehead atoms. The van der Waals surface area contributed by atoms with Gasteiger partial charge in [0.25, 0.3) is 0 Å². The van der Waals surface area contributed by atoms with Crippen molar-refractivity contribution in [3.8, 4) is 11.5 Å². The number of benzene rings is 2. The van der Waals surface area contributed by atoms with E-state index in [4.69, 9.17) is 13.6 Å². The van der Waals surface area contributed by atoms with E-state index < -0.39 is 8.60 Å². The van der Waals surface area contributed by atoms with Crippen LogP contribution < -0.4 is 9.05 Å². The van der Waals surface area contributed by atoms with Gasteiger partial charge in [0.15, 0.2) is 0 Å². The van der Waals surface area contributed by atoms with Crippen LogP contribution >= 0.6 is 8.60 Å². The Bertz CT molecular complexity index is 489. The maximum Gasteiger partial charge on any atom is 0.463 e. The van der Waals surface area contributed by atoms with Crippen molar-refractivity contribution in [1.82, 2.24) is 0 Å². The van der Waals surface area contributed by atoms with E-state index in [0.717, 1.165) is 17.9 Å². The Morgan fingerprint density at radius 2 is 1.19 bits per heavy atom. The third-order valence-electron chi connectivity index (χ3n) is 2.80. The van der Waals surface area contributed by atoms with E-state index in [1.807, 2.05) is 62.4 Å². The van der Waals surface area contributed by atoms with Crippen LogP contribution in [0.15, 0.2) is 48.5 Å². The van der Waals surface area contributed by atoms with Crippen LogP contribution in [-0.4, -0.2) is 6.61 Å². The molecule has 112 valence electrons. The van der Waals surface area contributed by atoms with E-state index in [-0.39, 0.29) is 0 Å². The predicted molar refractivity (Wildman–Crippen MR) is 86.8 cm³/mol. The van der Waals surface area contributed by atoms with Gasteiger partial charge < -0.3 is 9.05 Å². The molecule has 0 saturated carbocycles. The fourth-order valence-electron chi connectivity index (χ4n) is 1.61. The summed E-state index contributed by atoms with van der Waals surface area (Å²) in [6.07, 6.45) is 0.924. The third-order valence-corrected chi connectivity index (χ3v) is 3.92. The monoisotopic (exact) mass is 304 g/mol. The summed E-state index contributed by atoms with van der Waals surface area (Å²) in [4.78, 5) is 0. The Kier molecular flexibility index (Phi) is 6.04. The SMILES string of the molecule is CCCOP(Oc1ccc(C)cc1)Oc1ccc(C)cc1. The summed E-state index contributed by atoms with van der Waals surface area (Å²) in [6.45, 7) is 6.76. The van der Waals surface area contributed by atoms with E-state index >= 15 is 0 Å². The molecule has 0 aromatic heterocycles. The maximum absolute atomic E-state index is 5.83. The van der Waals surface area contributed by atoms with E-state index in [1.165, 1.54) is 11.1 Å². The number of rotatable bonds is 7. The Labute approximate surface area is 127 Å². The van der Waals surface area contributed by atoms with Gasteiger partial charge >= 0.3 is 8.60 Å². The first-order valence-electron chi connectivity index (χ1n) is 7.09. The first kappa shape index (κ1) is 15.8. The van der Waals surface area contributed by atoms with Crippen LogP contribution in [0.2, 0.25) is 0 Å². The summed E-state index contributed by atoms with van der Waals surface area (Å²) in [5.74, 6) is 1.52. The minimum Gasteiger partial charge on any atom is -0.418 e. The van der Waals surface area contributed by atoms with Crippen LogP contribution in [0.4, 0.5) is 0 Å². The Balaban J connectivity index is 2.02. The summed E-state index contributed by atoms with van der Waals surface area (Å²) >= 11 is 0. The van der Waals surface area contributed by atoms with Crippen molar-refractivity contribution in [3.63, 3.8) is 0 Å². The molecule has 21 heavy (non-hydrogen) atoms. The van der Waals surface area contributed by atoms with Gasteiger partial charge in [-0.25, -0.2) is 0 Å².